The summed E-state index contributed by atoms with van der Waals surface area (Å²) in [6.07, 6.45) is 0. The van der Waals surface area contributed by atoms with Crippen molar-refractivity contribution < 1.29 is 13.6 Å². The van der Waals surface area contributed by atoms with E-state index < -0.39 is 22.7 Å². The van der Waals surface area contributed by atoms with Crippen LogP contribution in [0.15, 0.2) is 47.6 Å². The predicted molar refractivity (Wildman–Crippen MR) is 116 cm³/mol. The minimum atomic E-state index is -0.862. The van der Waals surface area contributed by atoms with Crippen LogP contribution in [0.3, 0.4) is 0 Å². The van der Waals surface area contributed by atoms with Gasteiger partial charge in [0.25, 0.3) is 0 Å². The van der Waals surface area contributed by atoms with E-state index >= 15 is 0 Å². The number of aromatic nitrogens is 3. The number of ketones is 1. The van der Waals surface area contributed by atoms with Gasteiger partial charge in [0.2, 0.25) is 0 Å². The second-order valence-electron chi connectivity index (χ2n) is 6.83. The molecule has 1 heterocycles. The van der Waals surface area contributed by atoms with Gasteiger partial charge in [-0.05, 0) is 57.2 Å². The second-order valence-corrected chi connectivity index (χ2v) is 8.14. The van der Waals surface area contributed by atoms with Gasteiger partial charge in [-0.1, -0.05) is 11.8 Å². The van der Waals surface area contributed by atoms with Crippen molar-refractivity contribution in [3.05, 3.63) is 59.7 Å². The molecule has 3 aromatic rings. The molecule has 158 valence electrons. The number of carbonyl (C=O) groups is 1. The SMILES string of the molecule is CCN(CC)c1ccc(-c2nnc(SC(C)C(=O)c3ccc(F)cc3F)n2C)cc1. The Hall–Kier alpha value is -2.74. The quantitative estimate of drug-likeness (QED) is 0.373. The molecule has 0 N–H and O–H groups in total. The van der Waals surface area contributed by atoms with Crippen LogP contribution in [0.1, 0.15) is 31.1 Å². The van der Waals surface area contributed by atoms with E-state index in [0.717, 1.165) is 30.4 Å². The molecule has 0 amide bonds. The minimum Gasteiger partial charge on any atom is -0.372 e. The van der Waals surface area contributed by atoms with Gasteiger partial charge in [0, 0.05) is 37.5 Å². The van der Waals surface area contributed by atoms with Gasteiger partial charge in [-0.25, -0.2) is 8.78 Å². The fourth-order valence-electron chi connectivity index (χ4n) is 3.20. The molecule has 0 spiro atoms. The number of rotatable bonds is 8. The van der Waals surface area contributed by atoms with Gasteiger partial charge in [-0.3, -0.25) is 4.79 Å². The second kappa shape index (κ2) is 9.38. The maximum atomic E-state index is 13.9. The first-order chi connectivity index (χ1) is 14.3. The number of thioether (sulfide) groups is 1. The molecular formula is C22H24F2N4OS. The molecule has 0 bridgehead atoms. The molecular weight excluding hydrogens is 406 g/mol. The molecule has 0 saturated carbocycles. The summed E-state index contributed by atoms with van der Waals surface area (Å²) < 4.78 is 28.9. The number of hydrogen-bond donors (Lipinski definition) is 0. The first kappa shape index (κ1) is 22.0. The summed E-state index contributed by atoms with van der Waals surface area (Å²) >= 11 is 1.19. The zero-order chi connectivity index (χ0) is 21.8. The maximum Gasteiger partial charge on any atom is 0.191 e. The lowest BCUT2D eigenvalue weighted by Gasteiger charge is -2.21. The summed E-state index contributed by atoms with van der Waals surface area (Å²) in [5.74, 6) is -1.32. The number of carbonyl (C=O) groups excluding carboxylic acids is 1. The van der Waals surface area contributed by atoms with Crippen LogP contribution in [-0.4, -0.2) is 38.9 Å². The molecule has 0 fully saturated rings. The fraction of sp³-hybridized carbons (Fsp3) is 0.318. The van der Waals surface area contributed by atoms with E-state index in [4.69, 9.17) is 0 Å². The molecule has 0 radical (unpaired) electrons. The molecule has 0 aliphatic rings. The average Bonchev–Trinajstić information content (AvgIpc) is 3.09. The molecule has 0 aliphatic heterocycles. The van der Waals surface area contributed by atoms with Crippen molar-refractivity contribution in [1.82, 2.24) is 14.8 Å². The Bertz CT molecular complexity index is 1030. The van der Waals surface area contributed by atoms with Crippen LogP contribution in [0.25, 0.3) is 11.4 Å². The highest BCUT2D eigenvalue weighted by Crippen LogP contribution is 2.29. The average molecular weight is 431 g/mol. The minimum absolute atomic E-state index is 0.134. The molecule has 30 heavy (non-hydrogen) atoms. The molecule has 8 heteroatoms. The summed E-state index contributed by atoms with van der Waals surface area (Å²) in [6, 6.07) is 11.1. The fourth-order valence-corrected chi connectivity index (χ4v) is 4.08. The van der Waals surface area contributed by atoms with Crippen molar-refractivity contribution in [3.8, 4) is 11.4 Å². The van der Waals surface area contributed by atoms with Crippen LogP contribution in [0, 0.1) is 11.6 Å². The maximum absolute atomic E-state index is 13.9. The third-order valence-electron chi connectivity index (χ3n) is 4.94. The van der Waals surface area contributed by atoms with E-state index in [9.17, 15) is 13.6 Å². The van der Waals surface area contributed by atoms with Crippen molar-refractivity contribution in [2.24, 2.45) is 7.05 Å². The predicted octanol–water partition coefficient (Wildman–Crippen LogP) is 4.97. The van der Waals surface area contributed by atoms with E-state index in [1.807, 2.05) is 35.9 Å². The Balaban J connectivity index is 1.77. The number of Topliss-reactive ketones (excluding diaryl/α,β-unsaturated/α-hetero) is 1. The Labute approximate surface area is 179 Å². The summed E-state index contributed by atoms with van der Waals surface area (Å²) in [5.41, 5.74) is 1.92. The number of benzene rings is 2. The monoisotopic (exact) mass is 430 g/mol. The van der Waals surface area contributed by atoms with Gasteiger partial charge < -0.3 is 9.47 Å². The van der Waals surface area contributed by atoms with E-state index in [2.05, 4.69) is 28.9 Å². The van der Waals surface area contributed by atoms with E-state index in [-0.39, 0.29) is 5.56 Å². The van der Waals surface area contributed by atoms with E-state index in [1.165, 1.54) is 17.8 Å². The Kier molecular flexibility index (Phi) is 6.87. The zero-order valence-electron chi connectivity index (χ0n) is 17.4. The highest BCUT2D eigenvalue weighted by Gasteiger charge is 2.23. The Morgan fingerprint density at radius 2 is 1.77 bits per heavy atom. The van der Waals surface area contributed by atoms with Crippen LogP contribution in [0.5, 0.6) is 0 Å². The third kappa shape index (κ3) is 4.53. The van der Waals surface area contributed by atoms with Crippen molar-refractivity contribution in [3.63, 3.8) is 0 Å². The third-order valence-corrected chi connectivity index (χ3v) is 6.07. The van der Waals surface area contributed by atoms with Crippen LogP contribution in [0.4, 0.5) is 14.5 Å². The molecule has 0 saturated heterocycles. The normalized spacial score (nSPS) is 12.1. The van der Waals surface area contributed by atoms with Crippen LogP contribution < -0.4 is 4.90 Å². The van der Waals surface area contributed by atoms with Crippen molar-refractivity contribution >= 4 is 23.2 Å². The van der Waals surface area contributed by atoms with Crippen LogP contribution >= 0.6 is 11.8 Å². The van der Waals surface area contributed by atoms with Crippen LogP contribution in [0.2, 0.25) is 0 Å². The Morgan fingerprint density at radius 3 is 2.37 bits per heavy atom. The standard InChI is InChI=1S/C22H24F2N4OS/c1-5-28(6-2)17-10-7-15(8-11-17)21-25-26-22(27(21)4)30-14(3)20(29)18-12-9-16(23)13-19(18)24/h7-14H,5-6H2,1-4H3. The summed E-state index contributed by atoms with van der Waals surface area (Å²) in [4.78, 5) is 14.8. The molecule has 1 aromatic heterocycles. The van der Waals surface area contributed by atoms with Gasteiger partial charge in [-0.15, -0.1) is 10.2 Å². The van der Waals surface area contributed by atoms with Crippen molar-refractivity contribution in [2.75, 3.05) is 18.0 Å². The molecule has 1 atom stereocenters. The topological polar surface area (TPSA) is 51.0 Å². The highest BCUT2D eigenvalue weighted by molar-refractivity contribution is 8.00. The smallest absolute Gasteiger partial charge is 0.191 e. The van der Waals surface area contributed by atoms with Gasteiger partial charge in [0.15, 0.2) is 16.8 Å². The molecule has 1 unspecified atom stereocenters. The summed E-state index contributed by atoms with van der Waals surface area (Å²) in [6.45, 7) is 7.76. The molecule has 5 nitrogen and oxygen atoms in total. The lowest BCUT2D eigenvalue weighted by atomic mass is 10.1. The zero-order valence-corrected chi connectivity index (χ0v) is 18.2. The Morgan fingerprint density at radius 1 is 1.10 bits per heavy atom. The van der Waals surface area contributed by atoms with Gasteiger partial charge in [-0.2, -0.15) is 0 Å². The first-order valence-corrected chi connectivity index (χ1v) is 10.6. The highest BCUT2D eigenvalue weighted by atomic mass is 32.2. The largest absolute Gasteiger partial charge is 0.372 e. The van der Waals surface area contributed by atoms with E-state index in [0.29, 0.717) is 17.0 Å². The van der Waals surface area contributed by atoms with Gasteiger partial charge >= 0.3 is 0 Å². The number of halogens is 2. The van der Waals surface area contributed by atoms with E-state index in [1.54, 1.807) is 6.92 Å². The lowest BCUT2D eigenvalue weighted by Crippen LogP contribution is -2.21. The molecule has 0 aliphatic carbocycles. The van der Waals surface area contributed by atoms with Gasteiger partial charge in [0.05, 0.1) is 10.8 Å². The van der Waals surface area contributed by atoms with Gasteiger partial charge in [0.1, 0.15) is 11.6 Å². The van der Waals surface area contributed by atoms with Crippen molar-refractivity contribution in [1.29, 1.82) is 0 Å². The molecule has 3 rings (SSSR count). The number of anilines is 1. The first-order valence-electron chi connectivity index (χ1n) is 9.76. The lowest BCUT2D eigenvalue weighted by molar-refractivity contribution is 0.0990. The molecule has 2 aromatic carbocycles. The summed E-state index contributed by atoms with van der Waals surface area (Å²) in [7, 11) is 1.83. The van der Waals surface area contributed by atoms with Crippen LogP contribution in [-0.2, 0) is 7.05 Å². The van der Waals surface area contributed by atoms with Crippen molar-refractivity contribution in [2.45, 2.75) is 31.2 Å². The summed E-state index contributed by atoms with van der Waals surface area (Å²) in [5, 5.41) is 8.39. The number of nitrogens with zero attached hydrogens (tertiary/aromatic N) is 4. The number of hydrogen-bond acceptors (Lipinski definition) is 5.